The molecule has 1 amide bonds. The highest BCUT2D eigenvalue weighted by Crippen LogP contribution is 2.29. The first-order chi connectivity index (χ1) is 15.5. The summed E-state index contributed by atoms with van der Waals surface area (Å²) in [5.74, 6) is 1.15. The van der Waals surface area contributed by atoms with Crippen molar-refractivity contribution in [2.75, 3.05) is 57.3 Å². The average molecular weight is 443 g/mol. The van der Waals surface area contributed by atoms with Gasteiger partial charge in [-0.25, -0.2) is 0 Å². The van der Waals surface area contributed by atoms with E-state index in [-0.39, 0.29) is 11.9 Å². The van der Waals surface area contributed by atoms with E-state index in [9.17, 15) is 4.79 Å². The highest BCUT2D eigenvalue weighted by atomic mass is 16.5. The lowest BCUT2D eigenvalue weighted by molar-refractivity contribution is -0.117. The first kappa shape index (κ1) is 23.5. The normalized spacial score (nSPS) is 25.9. The van der Waals surface area contributed by atoms with Gasteiger partial charge in [0.1, 0.15) is 5.75 Å². The third-order valence-electron chi connectivity index (χ3n) is 7.60. The van der Waals surface area contributed by atoms with Crippen LogP contribution in [0, 0.1) is 0 Å². The van der Waals surface area contributed by atoms with Gasteiger partial charge >= 0.3 is 0 Å². The monoisotopic (exact) mass is 442 g/mol. The molecule has 6 nitrogen and oxygen atoms in total. The standard InChI is InChI=1S/C26H42N4O2/c1-21(2)28-17-15-27(16-18-28)20-24-9-12-26(31)30(24)23-7-10-25(11-8-23)32-19-5-14-29-13-4-6-22(29)3/h7-8,10-11,21-22,24H,4-6,9,12-20H2,1-3H3. The molecule has 0 bridgehead atoms. The van der Waals surface area contributed by atoms with E-state index in [0.29, 0.717) is 12.5 Å². The summed E-state index contributed by atoms with van der Waals surface area (Å²) in [4.78, 5) is 22.4. The fourth-order valence-electron chi connectivity index (χ4n) is 5.52. The largest absolute Gasteiger partial charge is 0.494 e. The summed E-state index contributed by atoms with van der Waals surface area (Å²) in [6, 6.07) is 9.79. The van der Waals surface area contributed by atoms with E-state index >= 15 is 0 Å². The van der Waals surface area contributed by atoms with Crippen LogP contribution in [0.4, 0.5) is 5.69 Å². The van der Waals surface area contributed by atoms with Gasteiger partial charge in [0.25, 0.3) is 0 Å². The number of ether oxygens (including phenoxy) is 1. The Bertz CT molecular complexity index is 730. The summed E-state index contributed by atoms with van der Waals surface area (Å²) in [5.41, 5.74) is 1.01. The van der Waals surface area contributed by atoms with Gasteiger partial charge in [-0.15, -0.1) is 0 Å². The summed E-state index contributed by atoms with van der Waals surface area (Å²) in [6.45, 7) is 15.4. The van der Waals surface area contributed by atoms with Crippen LogP contribution in [-0.4, -0.2) is 91.2 Å². The lowest BCUT2D eigenvalue weighted by Gasteiger charge is -2.39. The van der Waals surface area contributed by atoms with Crippen LogP contribution in [0.1, 0.15) is 52.9 Å². The van der Waals surface area contributed by atoms with Crippen molar-refractivity contribution >= 4 is 11.6 Å². The summed E-state index contributed by atoms with van der Waals surface area (Å²) in [6.07, 6.45) is 5.32. The van der Waals surface area contributed by atoms with Crippen molar-refractivity contribution < 1.29 is 9.53 Å². The average Bonchev–Trinajstić information content (AvgIpc) is 3.37. The van der Waals surface area contributed by atoms with Gasteiger partial charge in [-0.1, -0.05) is 0 Å². The molecule has 32 heavy (non-hydrogen) atoms. The Morgan fingerprint density at radius 2 is 1.78 bits per heavy atom. The molecule has 3 aliphatic heterocycles. The third kappa shape index (κ3) is 5.83. The number of nitrogens with zero attached hydrogens (tertiary/aromatic N) is 4. The van der Waals surface area contributed by atoms with Crippen molar-refractivity contribution in [3.8, 4) is 5.75 Å². The van der Waals surface area contributed by atoms with Crippen molar-refractivity contribution in [3.63, 3.8) is 0 Å². The third-order valence-corrected chi connectivity index (χ3v) is 7.60. The zero-order valence-corrected chi connectivity index (χ0v) is 20.3. The van der Waals surface area contributed by atoms with Gasteiger partial charge in [0.05, 0.1) is 12.6 Å². The maximum atomic E-state index is 12.7. The van der Waals surface area contributed by atoms with Gasteiger partial charge in [-0.2, -0.15) is 0 Å². The zero-order valence-electron chi connectivity index (χ0n) is 20.3. The van der Waals surface area contributed by atoms with Crippen LogP contribution in [0.2, 0.25) is 0 Å². The number of hydrogen-bond acceptors (Lipinski definition) is 5. The number of carbonyl (C=O) groups is 1. The summed E-state index contributed by atoms with van der Waals surface area (Å²) >= 11 is 0. The van der Waals surface area contributed by atoms with Gasteiger partial charge in [-0.3, -0.25) is 14.6 Å². The number of rotatable bonds is 9. The Kier molecular flexibility index (Phi) is 8.08. The van der Waals surface area contributed by atoms with Gasteiger partial charge in [0.15, 0.2) is 0 Å². The van der Waals surface area contributed by atoms with Crippen molar-refractivity contribution in [1.29, 1.82) is 0 Å². The lowest BCUT2D eigenvalue weighted by atomic mass is 10.1. The van der Waals surface area contributed by atoms with Crippen LogP contribution in [0.15, 0.2) is 24.3 Å². The number of likely N-dealkylation sites (tertiary alicyclic amines) is 1. The second kappa shape index (κ2) is 11.0. The fraction of sp³-hybridized carbons (Fsp3) is 0.731. The summed E-state index contributed by atoms with van der Waals surface area (Å²) in [7, 11) is 0. The molecule has 2 atom stereocenters. The molecule has 6 heteroatoms. The van der Waals surface area contributed by atoms with E-state index in [1.807, 2.05) is 17.0 Å². The van der Waals surface area contributed by atoms with Gasteiger partial charge in [-0.05, 0) is 77.3 Å². The maximum Gasteiger partial charge on any atom is 0.227 e. The van der Waals surface area contributed by atoms with E-state index in [1.54, 1.807) is 0 Å². The number of hydrogen-bond donors (Lipinski definition) is 0. The predicted molar refractivity (Wildman–Crippen MR) is 130 cm³/mol. The minimum Gasteiger partial charge on any atom is -0.494 e. The molecule has 2 unspecified atom stereocenters. The van der Waals surface area contributed by atoms with E-state index in [0.717, 1.165) is 76.2 Å². The molecule has 3 heterocycles. The van der Waals surface area contributed by atoms with Crippen molar-refractivity contribution in [2.24, 2.45) is 0 Å². The highest BCUT2D eigenvalue weighted by molar-refractivity contribution is 5.96. The van der Waals surface area contributed by atoms with Crippen LogP contribution in [0.25, 0.3) is 0 Å². The molecule has 3 saturated heterocycles. The predicted octanol–water partition coefficient (Wildman–Crippen LogP) is 3.46. The fourth-order valence-corrected chi connectivity index (χ4v) is 5.52. The summed E-state index contributed by atoms with van der Waals surface area (Å²) in [5, 5.41) is 0. The molecule has 0 aromatic heterocycles. The SMILES string of the molecule is CC(C)N1CCN(CC2CCC(=O)N2c2ccc(OCCCN3CCCC3C)cc2)CC1. The number of carbonyl (C=O) groups excluding carboxylic acids is 1. The van der Waals surface area contributed by atoms with E-state index in [4.69, 9.17) is 4.74 Å². The van der Waals surface area contributed by atoms with Crippen molar-refractivity contribution in [1.82, 2.24) is 14.7 Å². The molecule has 0 radical (unpaired) electrons. The molecule has 3 fully saturated rings. The molecule has 0 aliphatic carbocycles. The van der Waals surface area contributed by atoms with E-state index < -0.39 is 0 Å². The molecule has 0 N–H and O–H groups in total. The highest BCUT2D eigenvalue weighted by Gasteiger charge is 2.34. The Hall–Kier alpha value is -1.63. The first-order valence-corrected chi connectivity index (χ1v) is 12.8. The minimum absolute atomic E-state index is 0.254. The zero-order chi connectivity index (χ0) is 22.5. The molecule has 1 aromatic rings. The second-order valence-electron chi connectivity index (χ2n) is 10.1. The molecule has 4 rings (SSSR count). The Labute approximate surface area is 194 Å². The van der Waals surface area contributed by atoms with Crippen LogP contribution in [0.5, 0.6) is 5.75 Å². The van der Waals surface area contributed by atoms with Gasteiger partial charge in [0.2, 0.25) is 5.91 Å². The molecule has 0 spiro atoms. The van der Waals surface area contributed by atoms with Crippen molar-refractivity contribution in [2.45, 2.75) is 71.0 Å². The lowest BCUT2D eigenvalue weighted by Crippen LogP contribution is -2.52. The van der Waals surface area contributed by atoms with Crippen LogP contribution < -0.4 is 9.64 Å². The number of amides is 1. The molecule has 1 aromatic carbocycles. The van der Waals surface area contributed by atoms with Crippen LogP contribution in [0.3, 0.4) is 0 Å². The summed E-state index contributed by atoms with van der Waals surface area (Å²) < 4.78 is 5.98. The number of benzene rings is 1. The number of piperazine rings is 1. The quantitative estimate of drug-likeness (QED) is 0.548. The van der Waals surface area contributed by atoms with Crippen molar-refractivity contribution in [3.05, 3.63) is 24.3 Å². The molecular weight excluding hydrogens is 400 g/mol. The topological polar surface area (TPSA) is 39.3 Å². The molecular formula is C26H42N4O2. The second-order valence-corrected chi connectivity index (χ2v) is 10.1. The Morgan fingerprint density at radius 3 is 2.44 bits per heavy atom. The smallest absolute Gasteiger partial charge is 0.227 e. The Balaban J connectivity index is 1.25. The van der Waals surface area contributed by atoms with Crippen LogP contribution >= 0.6 is 0 Å². The number of anilines is 1. The van der Waals surface area contributed by atoms with Crippen LogP contribution in [-0.2, 0) is 4.79 Å². The van der Waals surface area contributed by atoms with E-state index in [2.05, 4.69) is 47.6 Å². The molecule has 0 saturated carbocycles. The maximum absolute atomic E-state index is 12.7. The molecule has 3 aliphatic rings. The van der Waals surface area contributed by atoms with E-state index in [1.165, 1.54) is 19.4 Å². The minimum atomic E-state index is 0.254. The molecule has 178 valence electrons. The Morgan fingerprint density at radius 1 is 1.03 bits per heavy atom. The first-order valence-electron chi connectivity index (χ1n) is 12.8. The van der Waals surface area contributed by atoms with Gasteiger partial charge in [0, 0.05) is 63.5 Å². The van der Waals surface area contributed by atoms with Gasteiger partial charge < -0.3 is 14.5 Å².